The molecule has 0 aromatic carbocycles. The summed E-state index contributed by atoms with van der Waals surface area (Å²) < 4.78 is 4.38. The fraction of sp³-hybridized carbons (Fsp3) is 0.500. The van der Waals surface area contributed by atoms with Crippen molar-refractivity contribution in [2.75, 3.05) is 13.7 Å². The van der Waals surface area contributed by atoms with E-state index >= 15 is 0 Å². The van der Waals surface area contributed by atoms with Crippen LogP contribution in [0.2, 0.25) is 0 Å². The molecule has 0 atom stereocenters. The van der Waals surface area contributed by atoms with Crippen LogP contribution < -0.4 is 5.32 Å². The molecule has 0 bridgehead atoms. The van der Waals surface area contributed by atoms with E-state index in [-0.39, 0.29) is 18.8 Å². The maximum Gasteiger partial charge on any atom is 0.307 e. The van der Waals surface area contributed by atoms with Gasteiger partial charge in [0.2, 0.25) is 0 Å². The van der Waals surface area contributed by atoms with Crippen LogP contribution in [-0.4, -0.2) is 46.2 Å². The lowest BCUT2D eigenvalue weighted by Crippen LogP contribution is -2.27. The van der Waals surface area contributed by atoms with Crippen molar-refractivity contribution < 1.29 is 14.3 Å². The summed E-state index contributed by atoms with van der Waals surface area (Å²) in [7, 11) is 1.28. The van der Waals surface area contributed by atoms with Gasteiger partial charge in [-0.05, 0) is 5.21 Å². The van der Waals surface area contributed by atoms with Crippen LogP contribution in [-0.2, 0) is 9.53 Å². The molecule has 8 nitrogen and oxygen atoms in total. The number of ether oxygens (including phenoxy) is 1. The van der Waals surface area contributed by atoms with Gasteiger partial charge in [0.05, 0.1) is 13.5 Å². The van der Waals surface area contributed by atoms with Crippen LogP contribution in [0.15, 0.2) is 0 Å². The third kappa shape index (κ3) is 2.81. The molecule has 0 saturated carbocycles. The fourth-order valence-corrected chi connectivity index (χ4v) is 0.717. The largest absolute Gasteiger partial charge is 0.469 e. The number of aromatic amines is 1. The number of esters is 1. The van der Waals surface area contributed by atoms with E-state index in [9.17, 15) is 9.59 Å². The number of amides is 1. The molecule has 14 heavy (non-hydrogen) atoms. The molecule has 0 aliphatic carbocycles. The summed E-state index contributed by atoms with van der Waals surface area (Å²) in [5, 5.41) is 14.7. The average Bonchev–Trinajstić information content (AvgIpc) is 2.70. The van der Waals surface area contributed by atoms with Crippen molar-refractivity contribution in [1.82, 2.24) is 25.9 Å². The number of hydrogen-bond acceptors (Lipinski definition) is 6. The van der Waals surface area contributed by atoms with Crippen molar-refractivity contribution in [3.8, 4) is 0 Å². The number of rotatable bonds is 4. The summed E-state index contributed by atoms with van der Waals surface area (Å²) in [4.78, 5) is 21.8. The van der Waals surface area contributed by atoms with E-state index in [1.54, 1.807) is 0 Å². The highest BCUT2D eigenvalue weighted by Crippen LogP contribution is 1.85. The van der Waals surface area contributed by atoms with Gasteiger partial charge in [0, 0.05) is 6.54 Å². The van der Waals surface area contributed by atoms with Crippen LogP contribution >= 0.6 is 0 Å². The first-order valence-electron chi connectivity index (χ1n) is 3.82. The summed E-state index contributed by atoms with van der Waals surface area (Å²) in [5.41, 5.74) is 0. The quantitative estimate of drug-likeness (QED) is 0.570. The highest BCUT2D eigenvalue weighted by Gasteiger charge is 2.10. The molecule has 2 N–H and O–H groups in total. The first-order valence-corrected chi connectivity index (χ1v) is 3.82. The SMILES string of the molecule is COC(=O)CCNC(=O)c1nn[nH]n1. The number of carbonyl (C=O) groups is 2. The number of carbonyl (C=O) groups excluding carboxylic acids is 2. The molecule has 76 valence electrons. The number of nitrogens with one attached hydrogen (secondary N) is 2. The zero-order valence-corrected chi connectivity index (χ0v) is 7.48. The Bertz CT molecular complexity index is 309. The van der Waals surface area contributed by atoms with E-state index in [2.05, 4.69) is 30.7 Å². The smallest absolute Gasteiger partial charge is 0.307 e. The number of aromatic nitrogens is 4. The number of nitrogens with zero attached hydrogens (tertiary/aromatic N) is 3. The van der Waals surface area contributed by atoms with Crippen molar-refractivity contribution in [2.45, 2.75) is 6.42 Å². The van der Waals surface area contributed by atoms with Gasteiger partial charge in [-0.25, -0.2) is 0 Å². The topological polar surface area (TPSA) is 110 Å². The molecule has 0 saturated heterocycles. The predicted molar refractivity (Wildman–Crippen MR) is 43.1 cm³/mol. The first kappa shape index (κ1) is 10.1. The summed E-state index contributed by atoms with van der Waals surface area (Å²) in [6.07, 6.45) is 0.111. The van der Waals surface area contributed by atoms with E-state index in [1.807, 2.05) is 0 Å². The van der Waals surface area contributed by atoms with E-state index in [4.69, 9.17) is 0 Å². The Balaban J connectivity index is 2.26. The number of H-pyrrole nitrogens is 1. The molecule has 0 aliphatic rings. The maximum atomic E-state index is 11.1. The van der Waals surface area contributed by atoms with Crippen molar-refractivity contribution in [1.29, 1.82) is 0 Å². The van der Waals surface area contributed by atoms with Crippen LogP contribution in [0.25, 0.3) is 0 Å². The van der Waals surface area contributed by atoms with Crippen LogP contribution in [0.1, 0.15) is 17.0 Å². The number of tetrazole rings is 1. The van der Waals surface area contributed by atoms with Gasteiger partial charge >= 0.3 is 5.97 Å². The van der Waals surface area contributed by atoms with Gasteiger partial charge in [0.1, 0.15) is 0 Å². The highest BCUT2D eigenvalue weighted by molar-refractivity contribution is 5.90. The Labute approximate surface area is 79.0 Å². The zero-order chi connectivity index (χ0) is 10.4. The molecule has 0 unspecified atom stereocenters. The van der Waals surface area contributed by atoms with E-state index in [0.29, 0.717) is 0 Å². The van der Waals surface area contributed by atoms with Gasteiger partial charge in [-0.3, -0.25) is 9.59 Å². The third-order valence-electron chi connectivity index (χ3n) is 1.39. The van der Waals surface area contributed by atoms with Crippen molar-refractivity contribution in [3.63, 3.8) is 0 Å². The Morgan fingerprint density at radius 1 is 1.57 bits per heavy atom. The predicted octanol–water partition coefficient (Wildman–Crippen LogP) is -1.51. The minimum atomic E-state index is -0.484. The molecule has 0 spiro atoms. The molecule has 1 amide bonds. The normalized spacial score (nSPS) is 9.50. The van der Waals surface area contributed by atoms with Crippen LogP contribution in [0, 0.1) is 0 Å². The highest BCUT2D eigenvalue weighted by atomic mass is 16.5. The zero-order valence-electron chi connectivity index (χ0n) is 7.48. The maximum absolute atomic E-state index is 11.1. The molecule has 1 aromatic rings. The lowest BCUT2D eigenvalue weighted by molar-refractivity contribution is -0.140. The summed E-state index contributed by atoms with van der Waals surface area (Å²) in [6, 6.07) is 0. The minimum Gasteiger partial charge on any atom is -0.469 e. The molecule has 1 heterocycles. The molecule has 1 rings (SSSR count). The Morgan fingerprint density at radius 2 is 2.36 bits per heavy atom. The van der Waals surface area contributed by atoms with E-state index in [0.717, 1.165) is 0 Å². The Hall–Kier alpha value is -1.99. The van der Waals surface area contributed by atoms with Crippen molar-refractivity contribution in [3.05, 3.63) is 5.82 Å². The summed E-state index contributed by atoms with van der Waals surface area (Å²) >= 11 is 0. The molecular formula is C6H9N5O3. The number of hydrogen-bond donors (Lipinski definition) is 2. The van der Waals surface area contributed by atoms with Crippen LogP contribution in [0.5, 0.6) is 0 Å². The molecule has 0 radical (unpaired) electrons. The monoisotopic (exact) mass is 199 g/mol. The average molecular weight is 199 g/mol. The van der Waals surface area contributed by atoms with Crippen molar-refractivity contribution in [2.24, 2.45) is 0 Å². The molecule has 1 aromatic heterocycles. The number of methoxy groups -OCH3 is 1. The third-order valence-corrected chi connectivity index (χ3v) is 1.39. The Kier molecular flexibility index (Phi) is 3.53. The summed E-state index contributed by atoms with van der Waals surface area (Å²) in [5.74, 6) is -0.934. The fourth-order valence-electron chi connectivity index (χ4n) is 0.717. The molecule has 8 heteroatoms. The van der Waals surface area contributed by atoms with Gasteiger partial charge in [0.15, 0.2) is 0 Å². The van der Waals surface area contributed by atoms with Crippen LogP contribution in [0.3, 0.4) is 0 Å². The standard InChI is InChI=1S/C6H9N5O3/c1-14-4(12)2-3-7-6(13)5-8-10-11-9-5/h2-3H2,1H3,(H,7,13)(H,8,9,10,11). The van der Waals surface area contributed by atoms with E-state index in [1.165, 1.54) is 7.11 Å². The second-order valence-corrected chi connectivity index (χ2v) is 2.32. The second-order valence-electron chi connectivity index (χ2n) is 2.32. The van der Waals surface area contributed by atoms with Gasteiger partial charge in [-0.15, -0.1) is 10.2 Å². The van der Waals surface area contributed by atoms with Crippen LogP contribution in [0.4, 0.5) is 0 Å². The Morgan fingerprint density at radius 3 is 2.93 bits per heavy atom. The lowest BCUT2D eigenvalue weighted by atomic mass is 10.4. The molecule has 0 fully saturated rings. The minimum absolute atomic E-state index is 0.0603. The molecular weight excluding hydrogens is 190 g/mol. The molecule has 0 aliphatic heterocycles. The van der Waals surface area contributed by atoms with Gasteiger partial charge < -0.3 is 10.1 Å². The second kappa shape index (κ2) is 4.90. The summed E-state index contributed by atoms with van der Waals surface area (Å²) in [6.45, 7) is 0.181. The van der Waals surface area contributed by atoms with Gasteiger partial charge in [0.25, 0.3) is 11.7 Å². The first-order chi connectivity index (χ1) is 6.74. The van der Waals surface area contributed by atoms with Gasteiger partial charge in [-0.1, -0.05) is 0 Å². The van der Waals surface area contributed by atoms with Crippen molar-refractivity contribution >= 4 is 11.9 Å². The van der Waals surface area contributed by atoms with Gasteiger partial charge in [-0.2, -0.15) is 5.21 Å². The lowest BCUT2D eigenvalue weighted by Gasteiger charge is -2.00. The van der Waals surface area contributed by atoms with E-state index < -0.39 is 11.9 Å².